The molecule has 0 aliphatic carbocycles. The number of nitrogens with zero attached hydrogens (tertiary/aromatic N) is 1. The lowest BCUT2D eigenvalue weighted by atomic mass is 10.1. The predicted octanol–water partition coefficient (Wildman–Crippen LogP) is 0.920. The number of Topliss-reactive ketones (excluding diaryl/α,β-unsaturated/α-hetero) is 1. The van der Waals surface area contributed by atoms with Crippen molar-refractivity contribution in [3.63, 3.8) is 0 Å². The van der Waals surface area contributed by atoms with Crippen molar-refractivity contribution >= 4 is 11.8 Å². The molecule has 0 aromatic carbocycles. The van der Waals surface area contributed by atoms with E-state index in [1.165, 1.54) is 6.92 Å². The number of rotatable bonds is 7. The molecule has 1 N–H and O–H groups in total. The summed E-state index contributed by atoms with van der Waals surface area (Å²) in [5, 5.41) is 8.70. The number of ketones is 1. The maximum atomic E-state index is 11.4. The summed E-state index contributed by atoms with van der Waals surface area (Å²) in [6.07, 6.45) is 2.25. The fourth-order valence-corrected chi connectivity index (χ4v) is 1.99. The molecule has 0 aromatic heterocycles. The summed E-state index contributed by atoms with van der Waals surface area (Å²) in [5.74, 6) is -0.772. The molecule has 5 heteroatoms. The first-order chi connectivity index (χ1) is 8.00. The van der Waals surface area contributed by atoms with Gasteiger partial charge in [0.2, 0.25) is 0 Å². The molecule has 1 fully saturated rings. The van der Waals surface area contributed by atoms with E-state index in [9.17, 15) is 9.59 Å². The fraction of sp³-hybridized carbons (Fsp3) is 0.833. The maximum Gasteiger partial charge on any atom is 0.304 e. The fourth-order valence-electron chi connectivity index (χ4n) is 1.99. The van der Waals surface area contributed by atoms with Crippen LogP contribution in [0.1, 0.15) is 33.1 Å². The molecule has 0 aromatic rings. The van der Waals surface area contributed by atoms with E-state index in [0.717, 1.165) is 19.4 Å². The van der Waals surface area contributed by atoms with Gasteiger partial charge in [-0.25, -0.2) is 0 Å². The van der Waals surface area contributed by atoms with Gasteiger partial charge in [-0.05, 0) is 26.7 Å². The highest BCUT2D eigenvalue weighted by Gasteiger charge is 2.24. The molecule has 17 heavy (non-hydrogen) atoms. The Balaban J connectivity index is 2.50. The van der Waals surface area contributed by atoms with Gasteiger partial charge in [-0.2, -0.15) is 0 Å². The smallest absolute Gasteiger partial charge is 0.304 e. The number of hydrogen-bond acceptors (Lipinski definition) is 4. The molecule has 0 saturated carbocycles. The van der Waals surface area contributed by atoms with Gasteiger partial charge < -0.3 is 9.84 Å². The zero-order valence-corrected chi connectivity index (χ0v) is 10.5. The second-order valence-electron chi connectivity index (χ2n) is 4.56. The molecule has 0 amide bonds. The van der Waals surface area contributed by atoms with Crippen LogP contribution in [0.3, 0.4) is 0 Å². The standard InChI is InChI=1S/C12H21NO4/c1-9(10(2)14)13(6-5-12(15)16)8-11-4-3-7-17-11/h9,11H,3-8H2,1-2H3,(H,15,16). The molecule has 1 heterocycles. The number of carbonyl (C=O) groups is 2. The van der Waals surface area contributed by atoms with Gasteiger partial charge in [0.1, 0.15) is 5.78 Å². The van der Waals surface area contributed by atoms with Crippen LogP contribution in [0.5, 0.6) is 0 Å². The number of carboxylic acids is 1. The molecular formula is C12H21NO4. The van der Waals surface area contributed by atoms with Gasteiger partial charge in [-0.3, -0.25) is 14.5 Å². The van der Waals surface area contributed by atoms with Crippen LogP contribution in [-0.4, -0.2) is 53.6 Å². The summed E-state index contributed by atoms with van der Waals surface area (Å²) in [5.41, 5.74) is 0. The van der Waals surface area contributed by atoms with E-state index in [-0.39, 0.29) is 24.3 Å². The first kappa shape index (κ1) is 14.1. The minimum Gasteiger partial charge on any atom is -0.481 e. The molecule has 1 saturated heterocycles. The molecule has 5 nitrogen and oxygen atoms in total. The lowest BCUT2D eigenvalue weighted by Crippen LogP contribution is -2.43. The van der Waals surface area contributed by atoms with Crippen molar-refractivity contribution in [2.75, 3.05) is 19.7 Å². The predicted molar refractivity (Wildman–Crippen MR) is 62.9 cm³/mol. The number of aliphatic carboxylic acids is 1. The summed E-state index contributed by atoms with van der Waals surface area (Å²) < 4.78 is 5.52. The molecule has 1 aliphatic rings. The van der Waals surface area contributed by atoms with E-state index in [2.05, 4.69) is 0 Å². The number of carbonyl (C=O) groups excluding carboxylic acids is 1. The lowest BCUT2D eigenvalue weighted by Gasteiger charge is -2.29. The average molecular weight is 243 g/mol. The Kier molecular flexibility index (Phi) is 5.58. The summed E-state index contributed by atoms with van der Waals surface area (Å²) >= 11 is 0. The van der Waals surface area contributed by atoms with E-state index in [1.54, 1.807) is 0 Å². The molecule has 2 unspecified atom stereocenters. The van der Waals surface area contributed by atoms with E-state index >= 15 is 0 Å². The van der Waals surface area contributed by atoms with Gasteiger partial charge in [0.15, 0.2) is 0 Å². The molecule has 2 atom stereocenters. The zero-order chi connectivity index (χ0) is 12.8. The molecule has 1 rings (SSSR count). The Labute approximate surface area is 102 Å². The van der Waals surface area contributed by atoms with Gasteiger partial charge in [0.25, 0.3) is 0 Å². The Bertz CT molecular complexity index is 274. The van der Waals surface area contributed by atoms with Gasteiger partial charge in [-0.15, -0.1) is 0 Å². The van der Waals surface area contributed by atoms with E-state index in [0.29, 0.717) is 13.1 Å². The minimum atomic E-state index is -0.835. The van der Waals surface area contributed by atoms with Gasteiger partial charge in [-0.1, -0.05) is 0 Å². The van der Waals surface area contributed by atoms with Gasteiger partial charge >= 0.3 is 5.97 Å². The van der Waals surface area contributed by atoms with E-state index < -0.39 is 5.97 Å². The molecular weight excluding hydrogens is 222 g/mol. The van der Waals surface area contributed by atoms with Crippen LogP contribution < -0.4 is 0 Å². The van der Waals surface area contributed by atoms with Crippen molar-refractivity contribution < 1.29 is 19.4 Å². The highest BCUT2D eigenvalue weighted by Crippen LogP contribution is 2.15. The Morgan fingerprint density at radius 3 is 2.71 bits per heavy atom. The topological polar surface area (TPSA) is 66.8 Å². The third-order valence-electron chi connectivity index (χ3n) is 3.21. The SMILES string of the molecule is CC(=O)C(C)N(CCC(=O)O)CC1CCCO1. The molecule has 98 valence electrons. The second kappa shape index (κ2) is 6.71. The van der Waals surface area contributed by atoms with E-state index in [1.807, 2.05) is 11.8 Å². The highest BCUT2D eigenvalue weighted by molar-refractivity contribution is 5.81. The Morgan fingerprint density at radius 2 is 2.24 bits per heavy atom. The quantitative estimate of drug-likeness (QED) is 0.720. The third kappa shape index (κ3) is 4.83. The Morgan fingerprint density at radius 1 is 1.53 bits per heavy atom. The molecule has 0 spiro atoms. The van der Waals surface area contributed by atoms with Crippen LogP contribution in [0.4, 0.5) is 0 Å². The third-order valence-corrected chi connectivity index (χ3v) is 3.21. The minimum absolute atomic E-state index is 0.0599. The van der Waals surface area contributed by atoms with Crippen LogP contribution in [0.25, 0.3) is 0 Å². The summed E-state index contributed by atoms with van der Waals surface area (Å²) in [4.78, 5) is 23.9. The molecule has 0 radical (unpaired) electrons. The van der Waals surface area contributed by atoms with Gasteiger partial charge in [0.05, 0.1) is 18.6 Å². The van der Waals surface area contributed by atoms with Crippen LogP contribution in [0, 0.1) is 0 Å². The summed E-state index contributed by atoms with van der Waals surface area (Å²) in [7, 11) is 0. The maximum absolute atomic E-state index is 11.4. The van der Waals surface area contributed by atoms with Gasteiger partial charge in [0, 0.05) is 19.7 Å². The van der Waals surface area contributed by atoms with Crippen molar-refractivity contribution in [2.24, 2.45) is 0 Å². The van der Waals surface area contributed by atoms with Crippen molar-refractivity contribution in [3.8, 4) is 0 Å². The van der Waals surface area contributed by atoms with Crippen molar-refractivity contribution in [3.05, 3.63) is 0 Å². The van der Waals surface area contributed by atoms with Crippen LogP contribution in [0.15, 0.2) is 0 Å². The van der Waals surface area contributed by atoms with E-state index in [4.69, 9.17) is 9.84 Å². The van der Waals surface area contributed by atoms with Crippen molar-refractivity contribution in [1.29, 1.82) is 0 Å². The number of ether oxygens (including phenoxy) is 1. The number of carboxylic acid groups (broad SMARTS) is 1. The zero-order valence-electron chi connectivity index (χ0n) is 10.5. The van der Waals surface area contributed by atoms with Crippen LogP contribution in [-0.2, 0) is 14.3 Å². The summed E-state index contributed by atoms with van der Waals surface area (Å²) in [6, 6.07) is -0.237. The van der Waals surface area contributed by atoms with Crippen LogP contribution >= 0.6 is 0 Å². The average Bonchev–Trinajstić information content (AvgIpc) is 2.75. The largest absolute Gasteiger partial charge is 0.481 e. The highest BCUT2D eigenvalue weighted by atomic mass is 16.5. The normalized spacial score (nSPS) is 21.7. The van der Waals surface area contributed by atoms with Crippen LogP contribution in [0.2, 0.25) is 0 Å². The molecule has 0 bridgehead atoms. The second-order valence-corrected chi connectivity index (χ2v) is 4.56. The van der Waals surface area contributed by atoms with Crippen molar-refractivity contribution in [2.45, 2.75) is 45.3 Å². The van der Waals surface area contributed by atoms with Crippen molar-refractivity contribution in [1.82, 2.24) is 4.90 Å². The lowest BCUT2D eigenvalue weighted by molar-refractivity contribution is -0.138. The molecule has 1 aliphatic heterocycles. The first-order valence-electron chi connectivity index (χ1n) is 6.08. The number of hydrogen-bond donors (Lipinski definition) is 1. The first-order valence-corrected chi connectivity index (χ1v) is 6.08. The summed E-state index contributed by atoms with van der Waals surface area (Å²) in [6.45, 7) is 5.17. The Hall–Kier alpha value is -0.940. The monoisotopic (exact) mass is 243 g/mol.